The lowest BCUT2D eigenvalue weighted by molar-refractivity contribution is -0.136. The molecule has 2 aromatic heterocycles. The highest BCUT2D eigenvalue weighted by Gasteiger charge is 2.34. The van der Waals surface area contributed by atoms with Crippen molar-refractivity contribution in [1.82, 2.24) is 19.4 Å². The Hall–Kier alpha value is -2.92. The smallest absolute Gasteiger partial charge is 0.417 e. The number of aromatic nitrogens is 3. The summed E-state index contributed by atoms with van der Waals surface area (Å²) < 4.78 is 47.5. The molecule has 0 bridgehead atoms. The number of aromatic amines is 1. The number of fused-ring (bicyclic) bond motifs is 1. The summed E-state index contributed by atoms with van der Waals surface area (Å²) in [6.07, 6.45) is 0.316. The van der Waals surface area contributed by atoms with Gasteiger partial charge in [-0.3, -0.25) is 15.1 Å². The molecule has 13 heteroatoms. The van der Waals surface area contributed by atoms with Gasteiger partial charge in [-0.15, -0.1) is 24.8 Å². The van der Waals surface area contributed by atoms with Crippen molar-refractivity contribution in [3.8, 4) is 5.75 Å². The number of carbonyl (C=O) groups excluding carboxylic acids is 1. The number of ether oxygens (including phenoxy) is 1. The van der Waals surface area contributed by atoms with E-state index in [1.165, 1.54) is 13.1 Å². The van der Waals surface area contributed by atoms with E-state index in [0.29, 0.717) is 6.54 Å². The van der Waals surface area contributed by atoms with E-state index < -0.39 is 23.6 Å². The Balaban J connectivity index is 0.00000225. The first-order chi connectivity index (χ1) is 13.2. The van der Waals surface area contributed by atoms with Crippen LogP contribution in [-0.4, -0.2) is 45.0 Å². The number of hydrogen-bond acceptors (Lipinski definition) is 4. The molecule has 0 spiro atoms. The summed E-state index contributed by atoms with van der Waals surface area (Å²) in [6, 6.07) is 3.20. The molecule has 1 amide bonds. The molecule has 0 radical (unpaired) electrons. The van der Waals surface area contributed by atoms with Crippen LogP contribution in [0.25, 0.3) is 10.9 Å². The highest BCUT2D eigenvalue weighted by molar-refractivity contribution is 6.06. The number of amides is 1. The monoisotopic (exact) mass is 466 g/mol. The molecule has 0 aliphatic rings. The fourth-order valence-electron chi connectivity index (χ4n) is 2.65. The maximum Gasteiger partial charge on any atom is 0.417 e. The largest absolute Gasteiger partial charge is 0.490 e. The number of guanidine groups is 1. The van der Waals surface area contributed by atoms with Gasteiger partial charge in [0.2, 0.25) is 0 Å². The number of nitrogens with zero attached hydrogens (tertiary/aromatic N) is 3. The number of halogens is 5. The van der Waals surface area contributed by atoms with Crippen molar-refractivity contribution in [2.24, 2.45) is 5.73 Å². The van der Waals surface area contributed by atoms with Gasteiger partial charge in [0.05, 0.1) is 24.0 Å². The highest BCUT2D eigenvalue weighted by atomic mass is 35.5. The standard InChI is InChI=1S/C17H17F3N6O2.2ClH/c1-25(16(21)22)15(27)12-8-10-11(17(18,19)20)2-3-13(14(10)24-12)28-7-6-26-5-4-23-9-26;;/h2-5,8-9,24H,6-7H2,1H3,(H3,21,22);2*1H. The Kier molecular flexibility index (Phi) is 8.14. The summed E-state index contributed by atoms with van der Waals surface area (Å²) in [5.74, 6) is -1.09. The second-order valence-corrected chi connectivity index (χ2v) is 5.98. The SMILES string of the molecule is CN(C(=N)N)C(=O)c1cc2c(C(F)(F)F)ccc(OCCn3ccnc3)c2[nH]1.Cl.Cl. The number of nitrogens with one attached hydrogen (secondary N) is 2. The average Bonchev–Trinajstić information content (AvgIpc) is 3.29. The molecule has 3 aromatic rings. The van der Waals surface area contributed by atoms with E-state index in [2.05, 4.69) is 9.97 Å². The van der Waals surface area contributed by atoms with Crippen LogP contribution in [0.15, 0.2) is 36.9 Å². The molecule has 0 fully saturated rings. The van der Waals surface area contributed by atoms with E-state index in [1.54, 1.807) is 23.3 Å². The zero-order chi connectivity index (χ0) is 20.5. The first kappa shape index (κ1) is 25.1. The van der Waals surface area contributed by atoms with Crippen LogP contribution in [0.1, 0.15) is 16.1 Å². The Morgan fingerprint density at radius 2 is 2.07 bits per heavy atom. The summed E-state index contributed by atoms with van der Waals surface area (Å²) in [6.45, 7) is 0.633. The van der Waals surface area contributed by atoms with Gasteiger partial charge in [-0.05, 0) is 18.2 Å². The summed E-state index contributed by atoms with van der Waals surface area (Å²) in [7, 11) is 1.25. The van der Waals surface area contributed by atoms with Crippen LogP contribution >= 0.6 is 24.8 Å². The molecule has 30 heavy (non-hydrogen) atoms. The molecule has 164 valence electrons. The Labute approximate surface area is 181 Å². The Morgan fingerprint density at radius 1 is 1.37 bits per heavy atom. The lowest BCUT2D eigenvalue weighted by atomic mass is 10.1. The lowest BCUT2D eigenvalue weighted by Crippen LogP contribution is -2.38. The third kappa shape index (κ3) is 5.16. The second-order valence-electron chi connectivity index (χ2n) is 5.98. The number of carbonyl (C=O) groups is 1. The molecule has 3 rings (SSSR count). The van der Waals surface area contributed by atoms with Crippen LogP contribution in [0.4, 0.5) is 13.2 Å². The van der Waals surface area contributed by atoms with Crippen LogP contribution in [-0.2, 0) is 12.7 Å². The molecule has 2 heterocycles. The predicted octanol–water partition coefficient (Wildman–Crippen LogP) is 3.27. The van der Waals surface area contributed by atoms with Crippen LogP contribution in [0.2, 0.25) is 0 Å². The minimum Gasteiger partial charge on any atom is -0.490 e. The molecule has 0 unspecified atom stereocenters. The van der Waals surface area contributed by atoms with Gasteiger partial charge in [-0.25, -0.2) is 4.98 Å². The number of H-pyrrole nitrogens is 1. The van der Waals surface area contributed by atoms with Crippen molar-refractivity contribution in [3.63, 3.8) is 0 Å². The molecule has 0 atom stereocenters. The van der Waals surface area contributed by atoms with Gasteiger partial charge < -0.3 is 20.0 Å². The van der Waals surface area contributed by atoms with E-state index in [4.69, 9.17) is 15.9 Å². The van der Waals surface area contributed by atoms with E-state index in [0.717, 1.165) is 17.0 Å². The van der Waals surface area contributed by atoms with Crippen molar-refractivity contribution in [1.29, 1.82) is 5.41 Å². The topological polar surface area (TPSA) is 113 Å². The molecular weight excluding hydrogens is 448 g/mol. The third-order valence-corrected chi connectivity index (χ3v) is 4.12. The van der Waals surface area contributed by atoms with Gasteiger partial charge in [0.15, 0.2) is 5.96 Å². The number of nitrogens with two attached hydrogens (primary N) is 1. The zero-order valence-electron chi connectivity index (χ0n) is 15.6. The minimum absolute atomic E-state index is 0. The molecular formula is C17H19Cl2F3N6O2. The number of alkyl halides is 3. The maximum absolute atomic E-state index is 13.4. The molecule has 0 aliphatic carbocycles. The summed E-state index contributed by atoms with van der Waals surface area (Å²) in [5.41, 5.74) is 4.28. The number of benzene rings is 1. The summed E-state index contributed by atoms with van der Waals surface area (Å²) in [5, 5.41) is 7.11. The number of rotatable bonds is 5. The molecule has 8 nitrogen and oxygen atoms in total. The van der Waals surface area contributed by atoms with Crippen molar-refractivity contribution in [2.45, 2.75) is 12.7 Å². The molecule has 4 N–H and O–H groups in total. The van der Waals surface area contributed by atoms with Crippen LogP contribution in [0, 0.1) is 5.41 Å². The van der Waals surface area contributed by atoms with Gasteiger partial charge in [0.25, 0.3) is 5.91 Å². The highest BCUT2D eigenvalue weighted by Crippen LogP contribution is 2.38. The second kappa shape index (κ2) is 9.72. The number of hydrogen-bond donors (Lipinski definition) is 3. The van der Waals surface area contributed by atoms with Crippen molar-refractivity contribution in [3.05, 3.63) is 48.2 Å². The average molecular weight is 467 g/mol. The third-order valence-electron chi connectivity index (χ3n) is 4.12. The van der Waals surface area contributed by atoms with E-state index in [9.17, 15) is 18.0 Å². The van der Waals surface area contributed by atoms with Crippen molar-refractivity contribution in [2.75, 3.05) is 13.7 Å². The van der Waals surface area contributed by atoms with Crippen molar-refractivity contribution < 1.29 is 22.7 Å². The number of imidazole rings is 1. The van der Waals surface area contributed by atoms with Crippen LogP contribution in [0.5, 0.6) is 5.75 Å². The fourth-order valence-corrected chi connectivity index (χ4v) is 2.65. The van der Waals surface area contributed by atoms with Gasteiger partial charge >= 0.3 is 6.18 Å². The quantitative estimate of drug-likeness (QED) is 0.395. The first-order valence-electron chi connectivity index (χ1n) is 8.12. The van der Waals surface area contributed by atoms with Gasteiger partial charge in [0.1, 0.15) is 18.1 Å². The van der Waals surface area contributed by atoms with Gasteiger partial charge in [-0.2, -0.15) is 13.2 Å². The molecule has 0 aliphatic heterocycles. The Morgan fingerprint density at radius 3 is 2.63 bits per heavy atom. The van der Waals surface area contributed by atoms with Gasteiger partial charge in [-0.1, -0.05) is 0 Å². The van der Waals surface area contributed by atoms with Crippen LogP contribution in [0.3, 0.4) is 0 Å². The van der Waals surface area contributed by atoms with Crippen LogP contribution < -0.4 is 10.5 Å². The normalized spacial score (nSPS) is 10.8. The minimum atomic E-state index is -4.61. The van der Waals surface area contributed by atoms with E-state index >= 15 is 0 Å². The zero-order valence-corrected chi connectivity index (χ0v) is 17.2. The van der Waals surface area contributed by atoms with E-state index in [-0.39, 0.29) is 53.8 Å². The predicted molar refractivity (Wildman–Crippen MR) is 110 cm³/mol. The van der Waals surface area contributed by atoms with E-state index in [1.807, 2.05) is 0 Å². The first-order valence-corrected chi connectivity index (χ1v) is 8.12. The molecule has 0 saturated carbocycles. The maximum atomic E-state index is 13.4. The fraction of sp³-hybridized carbons (Fsp3) is 0.235. The lowest BCUT2D eigenvalue weighted by Gasteiger charge is -2.13. The van der Waals surface area contributed by atoms with Crippen molar-refractivity contribution >= 4 is 47.6 Å². The van der Waals surface area contributed by atoms with Gasteiger partial charge in [0, 0.05) is 24.8 Å². The molecule has 1 aromatic carbocycles. The summed E-state index contributed by atoms with van der Waals surface area (Å²) in [4.78, 5) is 19.7. The molecule has 0 saturated heterocycles. The Bertz CT molecular complexity index is 1020. The summed E-state index contributed by atoms with van der Waals surface area (Å²) >= 11 is 0.